The molecule has 0 aliphatic rings. The summed E-state index contributed by atoms with van der Waals surface area (Å²) in [5.41, 5.74) is 3.11. The maximum atomic E-state index is 11.7. The lowest BCUT2D eigenvalue weighted by atomic mass is 10.1. The van der Waals surface area contributed by atoms with Gasteiger partial charge in [0.25, 0.3) is 0 Å². The number of nitrogens with zero attached hydrogens (tertiary/aromatic N) is 2. The fourth-order valence-corrected chi connectivity index (χ4v) is 2.03. The van der Waals surface area contributed by atoms with Gasteiger partial charge in [-0.25, -0.2) is 4.79 Å². The molecule has 1 heterocycles. The average Bonchev–Trinajstić information content (AvgIpc) is 2.81. The number of hydrogen-bond acceptors (Lipinski definition) is 4. The summed E-state index contributed by atoms with van der Waals surface area (Å²) < 4.78 is 12.0. The quantitative estimate of drug-likeness (QED) is 0.804. The molecule has 106 valence electrons. The normalized spacial score (nSPS) is 10.4. The maximum Gasteiger partial charge on any atom is 0.358 e. The minimum Gasteiger partial charge on any atom is -0.496 e. The number of esters is 1. The van der Waals surface area contributed by atoms with Gasteiger partial charge in [-0.05, 0) is 37.6 Å². The van der Waals surface area contributed by atoms with Crippen molar-refractivity contribution in [2.75, 3.05) is 13.7 Å². The van der Waals surface area contributed by atoms with E-state index in [0.29, 0.717) is 12.3 Å². The Balaban J connectivity index is 2.46. The lowest BCUT2D eigenvalue weighted by molar-refractivity contribution is 0.0518. The van der Waals surface area contributed by atoms with E-state index in [1.54, 1.807) is 31.8 Å². The number of aromatic nitrogens is 2. The maximum absolute atomic E-state index is 11.7. The van der Waals surface area contributed by atoms with Crippen LogP contribution < -0.4 is 4.74 Å². The molecule has 0 fully saturated rings. The number of benzene rings is 1. The Kier molecular flexibility index (Phi) is 4.08. The van der Waals surface area contributed by atoms with Crippen LogP contribution in [0.4, 0.5) is 0 Å². The smallest absolute Gasteiger partial charge is 0.358 e. The van der Waals surface area contributed by atoms with Crippen molar-refractivity contribution in [2.45, 2.75) is 13.8 Å². The van der Waals surface area contributed by atoms with Gasteiger partial charge >= 0.3 is 5.97 Å². The first-order chi connectivity index (χ1) is 9.56. The first-order valence-electron chi connectivity index (χ1n) is 6.43. The number of ether oxygens (including phenoxy) is 2. The zero-order chi connectivity index (χ0) is 14.7. The van der Waals surface area contributed by atoms with E-state index in [4.69, 9.17) is 9.47 Å². The highest BCUT2D eigenvalue weighted by molar-refractivity contribution is 5.89. The van der Waals surface area contributed by atoms with E-state index in [1.165, 1.54) is 0 Å². The fraction of sp³-hybridized carbons (Fsp3) is 0.333. The Bertz CT molecular complexity index is 632. The Hall–Kier alpha value is -2.30. The number of carbonyl (C=O) groups is 1. The number of rotatable bonds is 4. The van der Waals surface area contributed by atoms with Crippen molar-refractivity contribution in [3.05, 3.63) is 35.5 Å². The van der Waals surface area contributed by atoms with Crippen LogP contribution in [0.2, 0.25) is 0 Å². The van der Waals surface area contributed by atoms with Crippen molar-refractivity contribution in [3.63, 3.8) is 0 Å². The average molecular weight is 274 g/mol. The van der Waals surface area contributed by atoms with Gasteiger partial charge in [0.2, 0.25) is 0 Å². The van der Waals surface area contributed by atoms with Crippen LogP contribution >= 0.6 is 0 Å². The van der Waals surface area contributed by atoms with E-state index in [2.05, 4.69) is 5.10 Å². The molecule has 0 saturated heterocycles. The molecule has 0 radical (unpaired) electrons. The Morgan fingerprint density at radius 2 is 2.10 bits per heavy atom. The van der Waals surface area contributed by atoms with Gasteiger partial charge in [-0.2, -0.15) is 5.10 Å². The third-order valence-corrected chi connectivity index (χ3v) is 3.00. The number of hydrogen-bond donors (Lipinski definition) is 0. The molecule has 0 aliphatic heterocycles. The summed E-state index contributed by atoms with van der Waals surface area (Å²) in [4.78, 5) is 11.7. The zero-order valence-electron chi connectivity index (χ0n) is 12.1. The van der Waals surface area contributed by atoms with Gasteiger partial charge in [-0.15, -0.1) is 0 Å². The molecule has 2 aromatic rings. The fourth-order valence-electron chi connectivity index (χ4n) is 2.03. The topological polar surface area (TPSA) is 53.4 Å². The number of aryl methyl sites for hydroxylation is 2. The molecule has 0 atom stereocenters. The second-order valence-corrected chi connectivity index (χ2v) is 4.46. The molecule has 0 bridgehead atoms. The van der Waals surface area contributed by atoms with E-state index in [-0.39, 0.29) is 0 Å². The molecule has 5 heteroatoms. The number of carbonyl (C=O) groups excluding carboxylic acids is 1. The summed E-state index contributed by atoms with van der Waals surface area (Å²) in [7, 11) is 3.41. The summed E-state index contributed by atoms with van der Waals surface area (Å²) >= 11 is 0. The predicted octanol–water partition coefficient (Wildman–Crippen LogP) is 2.58. The predicted molar refractivity (Wildman–Crippen MR) is 75.9 cm³/mol. The van der Waals surface area contributed by atoms with Crippen molar-refractivity contribution in [3.8, 4) is 17.0 Å². The largest absolute Gasteiger partial charge is 0.496 e. The summed E-state index contributed by atoms with van der Waals surface area (Å²) in [6.45, 7) is 4.10. The zero-order valence-corrected chi connectivity index (χ0v) is 12.1. The van der Waals surface area contributed by atoms with E-state index >= 15 is 0 Å². The van der Waals surface area contributed by atoms with Crippen LogP contribution in [0.1, 0.15) is 23.0 Å². The van der Waals surface area contributed by atoms with Crippen LogP contribution in [0.3, 0.4) is 0 Å². The highest BCUT2D eigenvalue weighted by Gasteiger charge is 2.17. The van der Waals surface area contributed by atoms with E-state index in [1.807, 2.05) is 25.1 Å². The minimum absolute atomic E-state index is 0.298. The van der Waals surface area contributed by atoms with Gasteiger partial charge in [-0.3, -0.25) is 4.68 Å². The monoisotopic (exact) mass is 274 g/mol. The summed E-state index contributed by atoms with van der Waals surface area (Å²) in [6.07, 6.45) is 0. The molecule has 1 aromatic carbocycles. The third-order valence-electron chi connectivity index (χ3n) is 3.00. The Labute approximate surface area is 118 Å². The van der Waals surface area contributed by atoms with Gasteiger partial charge in [-0.1, -0.05) is 6.07 Å². The van der Waals surface area contributed by atoms with Crippen LogP contribution in [-0.2, 0) is 11.8 Å². The first-order valence-corrected chi connectivity index (χ1v) is 6.43. The van der Waals surface area contributed by atoms with Crippen molar-refractivity contribution in [2.24, 2.45) is 7.05 Å². The summed E-state index contributed by atoms with van der Waals surface area (Å²) in [5, 5.41) is 4.19. The molecule has 0 saturated carbocycles. The molecular formula is C15H18N2O3. The number of methoxy groups -OCH3 is 1. The molecule has 1 aromatic heterocycles. The molecule has 0 N–H and O–H groups in total. The van der Waals surface area contributed by atoms with Crippen molar-refractivity contribution in [1.82, 2.24) is 9.78 Å². The molecular weight excluding hydrogens is 256 g/mol. The van der Waals surface area contributed by atoms with Crippen LogP contribution in [0, 0.1) is 6.92 Å². The molecule has 0 aliphatic carbocycles. The van der Waals surface area contributed by atoms with Crippen LogP contribution in [0.15, 0.2) is 24.3 Å². The van der Waals surface area contributed by atoms with Crippen LogP contribution in [-0.4, -0.2) is 29.5 Å². The molecule has 0 unspecified atom stereocenters. The lowest BCUT2D eigenvalue weighted by Gasteiger charge is -2.09. The highest BCUT2D eigenvalue weighted by Crippen LogP contribution is 2.31. The Morgan fingerprint density at radius 1 is 1.35 bits per heavy atom. The molecule has 5 nitrogen and oxygen atoms in total. The summed E-state index contributed by atoms with van der Waals surface area (Å²) in [5.74, 6) is 0.337. The van der Waals surface area contributed by atoms with E-state index < -0.39 is 5.97 Å². The summed E-state index contributed by atoms with van der Waals surface area (Å²) in [6, 6.07) is 7.62. The molecule has 0 spiro atoms. The van der Waals surface area contributed by atoms with Gasteiger partial charge in [0.05, 0.1) is 19.4 Å². The first kappa shape index (κ1) is 14.1. The van der Waals surface area contributed by atoms with Crippen molar-refractivity contribution in [1.29, 1.82) is 0 Å². The third kappa shape index (κ3) is 2.66. The van der Waals surface area contributed by atoms with Crippen molar-refractivity contribution < 1.29 is 14.3 Å². The van der Waals surface area contributed by atoms with Gasteiger partial charge in [0, 0.05) is 12.6 Å². The Morgan fingerprint density at radius 3 is 2.75 bits per heavy atom. The lowest BCUT2D eigenvalue weighted by Crippen LogP contribution is -2.05. The van der Waals surface area contributed by atoms with Gasteiger partial charge < -0.3 is 9.47 Å². The second kappa shape index (κ2) is 5.77. The second-order valence-electron chi connectivity index (χ2n) is 4.46. The SMILES string of the molecule is CCOC(=O)c1cc(-c2ccc(C)cc2OC)n(C)n1. The van der Waals surface area contributed by atoms with Gasteiger partial charge in [0.1, 0.15) is 5.75 Å². The highest BCUT2D eigenvalue weighted by atomic mass is 16.5. The minimum atomic E-state index is -0.416. The van der Waals surface area contributed by atoms with Crippen LogP contribution in [0.5, 0.6) is 5.75 Å². The van der Waals surface area contributed by atoms with E-state index in [9.17, 15) is 4.79 Å². The molecule has 20 heavy (non-hydrogen) atoms. The van der Waals surface area contributed by atoms with Crippen LogP contribution in [0.25, 0.3) is 11.3 Å². The van der Waals surface area contributed by atoms with Gasteiger partial charge in [0.15, 0.2) is 5.69 Å². The standard InChI is InChI=1S/C15H18N2O3/c1-5-20-15(18)12-9-13(17(3)16-12)11-7-6-10(2)8-14(11)19-4/h6-9H,5H2,1-4H3. The molecule has 2 rings (SSSR count). The van der Waals surface area contributed by atoms with E-state index in [0.717, 1.165) is 22.6 Å². The van der Waals surface area contributed by atoms with Crippen molar-refractivity contribution >= 4 is 5.97 Å². The molecule has 0 amide bonds.